The van der Waals surface area contributed by atoms with E-state index in [1.165, 1.54) is 0 Å². The van der Waals surface area contributed by atoms with Gasteiger partial charge in [-0.05, 0) is 44.0 Å². The zero-order chi connectivity index (χ0) is 13.4. The molecule has 0 atom stereocenters. The van der Waals surface area contributed by atoms with Crippen LogP contribution in [0.1, 0.15) is 0 Å². The molecule has 0 aliphatic rings. The summed E-state index contributed by atoms with van der Waals surface area (Å²) in [5.74, 6) is 1.56. The summed E-state index contributed by atoms with van der Waals surface area (Å²) in [6, 6.07) is 3.76. The van der Waals surface area contributed by atoms with E-state index in [1.807, 2.05) is 12.1 Å². The fourth-order valence-electron chi connectivity index (χ4n) is 1.31. The standard InChI is InChI=1S/C12H17Br2NO3/c1-16-5-3-15-4-6-18-12-8-9(13)11(17-2)7-10(12)14/h7-8,15H,3-6H2,1-2H3. The van der Waals surface area contributed by atoms with Gasteiger partial charge in [-0.2, -0.15) is 0 Å². The highest BCUT2D eigenvalue weighted by Gasteiger charge is 2.07. The Hall–Kier alpha value is -0.300. The molecule has 0 heterocycles. The van der Waals surface area contributed by atoms with Gasteiger partial charge in [-0.1, -0.05) is 0 Å². The predicted molar refractivity (Wildman–Crippen MR) is 78.6 cm³/mol. The molecule has 1 aromatic rings. The minimum Gasteiger partial charge on any atom is -0.496 e. The van der Waals surface area contributed by atoms with Gasteiger partial charge in [-0.3, -0.25) is 0 Å². The fourth-order valence-corrected chi connectivity index (χ4v) is 2.23. The van der Waals surface area contributed by atoms with Crippen LogP contribution in [0.3, 0.4) is 0 Å². The second-order valence-corrected chi connectivity index (χ2v) is 5.22. The Balaban J connectivity index is 2.40. The fraction of sp³-hybridized carbons (Fsp3) is 0.500. The van der Waals surface area contributed by atoms with Gasteiger partial charge >= 0.3 is 0 Å². The molecular weight excluding hydrogens is 366 g/mol. The van der Waals surface area contributed by atoms with E-state index in [9.17, 15) is 0 Å². The Morgan fingerprint density at radius 3 is 2.28 bits per heavy atom. The number of hydrogen-bond donors (Lipinski definition) is 1. The first-order chi connectivity index (χ1) is 8.69. The summed E-state index contributed by atoms with van der Waals surface area (Å²) < 4.78 is 17.5. The predicted octanol–water partition coefficient (Wildman–Crippen LogP) is 2.84. The van der Waals surface area contributed by atoms with Gasteiger partial charge in [0.15, 0.2) is 0 Å². The lowest BCUT2D eigenvalue weighted by molar-refractivity contribution is 0.196. The average molecular weight is 383 g/mol. The normalized spacial score (nSPS) is 10.4. The van der Waals surface area contributed by atoms with E-state index in [0.717, 1.165) is 33.5 Å². The van der Waals surface area contributed by atoms with Gasteiger partial charge in [-0.25, -0.2) is 0 Å². The molecule has 0 aromatic heterocycles. The Bertz CT molecular complexity index is 375. The highest BCUT2D eigenvalue weighted by Crippen LogP contribution is 2.35. The summed E-state index contributed by atoms with van der Waals surface area (Å²) >= 11 is 6.88. The molecule has 102 valence electrons. The highest BCUT2D eigenvalue weighted by atomic mass is 79.9. The van der Waals surface area contributed by atoms with Crippen molar-refractivity contribution in [2.45, 2.75) is 0 Å². The lowest BCUT2D eigenvalue weighted by atomic mass is 10.3. The molecule has 0 saturated heterocycles. The van der Waals surface area contributed by atoms with E-state index in [1.54, 1.807) is 14.2 Å². The van der Waals surface area contributed by atoms with Crippen LogP contribution in [0.25, 0.3) is 0 Å². The number of hydrogen-bond acceptors (Lipinski definition) is 4. The molecule has 0 bridgehead atoms. The molecule has 0 saturated carbocycles. The lowest BCUT2D eigenvalue weighted by Gasteiger charge is -2.11. The lowest BCUT2D eigenvalue weighted by Crippen LogP contribution is -2.24. The van der Waals surface area contributed by atoms with Gasteiger partial charge in [0, 0.05) is 20.2 Å². The summed E-state index contributed by atoms with van der Waals surface area (Å²) in [5, 5.41) is 3.21. The Morgan fingerprint density at radius 1 is 1.00 bits per heavy atom. The van der Waals surface area contributed by atoms with Gasteiger partial charge in [-0.15, -0.1) is 0 Å². The molecule has 1 N–H and O–H groups in total. The first-order valence-corrected chi connectivity index (χ1v) is 7.13. The Kier molecular flexibility index (Phi) is 7.65. The molecule has 1 aromatic carbocycles. The molecule has 18 heavy (non-hydrogen) atoms. The Morgan fingerprint density at radius 2 is 1.61 bits per heavy atom. The van der Waals surface area contributed by atoms with Gasteiger partial charge in [0.25, 0.3) is 0 Å². The molecule has 0 fully saturated rings. The number of ether oxygens (including phenoxy) is 3. The van der Waals surface area contributed by atoms with Crippen molar-refractivity contribution in [1.29, 1.82) is 0 Å². The topological polar surface area (TPSA) is 39.7 Å². The highest BCUT2D eigenvalue weighted by molar-refractivity contribution is 9.11. The van der Waals surface area contributed by atoms with Crippen molar-refractivity contribution in [1.82, 2.24) is 5.32 Å². The number of halogens is 2. The third-order valence-corrected chi connectivity index (χ3v) is 3.47. The van der Waals surface area contributed by atoms with Crippen LogP contribution < -0.4 is 14.8 Å². The average Bonchev–Trinajstić information content (AvgIpc) is 2.37. The van der Waals surface area contributed by atoms with E-state index in [2.05, 4.69) is 37.2 Å². The molecule has 4 nitrogen and oxygen atoms in total. The largest absolute Gasteiger partial charge is 0.496 e. The summed E-state index contributed by atoms with van der Waals surface area (Å²) in [5.41, 5.74) is 0. The first kappa shape index (κ1) is 15.8. The molecule has 6 heteroatoms. The minimum absolute atomic E-state index is 0.598. The van der Waals surface area contributed by atoms with E-state index >= 15 is 0 Å². The molecule has 0 unspecified atom stereocenters. The van der Waals surface area contributed by atoms with Gasteiger partial charge in [0.1, 0.15) is 18.1 Å². The zero-order valence-corrected chi connectivity index (χ0v) is 13.6. The maximum Gasteiger partial charge on any atom is 0.134 e. The number of benzene rings is 1. The number of nitrogens with one attached hydrogen (secondary N) is 1. The van der Waals surface area contributed by atoms with E-state index in [4.69, 9.17) is 14.2 Å². The number of methoxy groups -OCH3 is 2. The van der Waals surface area contributed by atoms with Gasteiger partial charge in [0.05, 0.1) is 22.7 Å². The molecule has 0 aliphatic heterocycles. The summed E-state index contributed by atoms with van der Waals surface area (Å²) in [6.45, 7) is 2.91. The van der Waals surface area contributed by atoms with Crippen LogP contribution in [-0.4, -0.2) is 40.5 Å². The van der Waals surface area contributed by atoms with Crippen LogP contribution in [0.2, 0.25) is 0 Å². The van der Waals surface area contributed by atoms with Crippen molar-refractivity contribution in [3.8, 4) is 11.5 Å². The third kappa shape index (κ3) is 5.14. The molecule has 0 radical (unpaired) electrons. The molecule has 1 rings (SSSR count). The third-order valence-electron chi connectivity index (χ3n) is 2.23. The second-order valence-electron chi connectivity index (χ2n) is 3.51. The van der Waals surface area contributed by atoms with Gasteiger partial charge in [0.2, 0.25) is 0 Å². The maximum absolute atomic E-state index is 5.66. The van der Waals surface area contributed by atoms with Crippen molar-refractivity contribution < 1.29 is 14.2 Å². The van der Waals surface area contributed by atoms with Crippen LogP contribution in [0, 0.1) is 0 Å². The number of rotatable bonds is 8. The zero-order valence-electron chi connectivity index (χ0n) is 10.5. The van der Waals surface area contributed by atoms with Crippen molar-refractivity contribution in [2.24, 2.45) is 0 Å². The van der Waals surface area contributed by atoms with Crippen LogP contribution in [0.15, 0.2) is 21.1 Å². The van der Waals surface area contributed by atoms with Crippen LogP contribution in [0.5, 0.6) is 11.5 Å². The quantitative estimate of drug-likeness (QED) is 0.702. The summed E-state index contributed by atoms with van der Waals surface area (Å²) in [4.78, 5) is 0. The van der Waals surface area contributed by atoms with Crippen molar-refractivity contribution >= 4 is 31.9 Å². The molecule has 0 spiro atoms. The molecule has 0 amide bonds. The minimum atomic E-state index is 0.598. The summed E-state index contributed by atoms with van der Waals surface area (Å²) in [6.07, 6.45) is 0. The van der Waals surface area contributed by atoms with Crippen molar-refractivity contribution in [2.75, 3.05) is 40.5 Å². The smallest absolute Gasteiger partial charge is 0.134 e. The van der Waals surface area contributed by atoms with E-state index < -0.39 is 0 Å². The summed E-state index contributed by atoms with van der Waals surface area (Å²) in [7, 11) is 3.32. The molecular formula is C12H17Br2NO3. The van der Waals surface area contributed by atoms with Gasteiger partial charge < -0.3 is 19.5 Å². The molecule has 0 aliphatic carbocycles. The van der Waals surface area contributed by atoms with Crippen LogP contribution in [0.4, 0.5) is 0 Å². The monoisotopic (exact) mass is 381 g/mol. The van der Waals surface area contributed by atoms with E-state index in [0.29, 0.717) is 13.2 Å². The van der Waals surface area contributed by atoms with Crippen LogP contribution in [-0.2, 0) is 4.74 Å². The van der Waals surface area contributed by atoms with Crippen LogP contribution >= 0.6 is 31.9 Å². The first-order valence-electron chi connectivity index (χ1n) is 5.54. The van der Waals surface area contributed by atoms with Crippen molar-refractivity contribution in [3.63, 3.8) is 0 Å². The van der Waals surface area contributed by atoms with Crippen molar-refractivity contribution in [3.05, 3.63) is 21.1 Å². The SMILES string of the molecule is COCCNCCOc1cc(Br)c(OC)cc1Br. The Labute approximate surface area is 124 Å². The van der Waals surface area contributed by atoms with E-state index in [-0.39, 0.29) is 0 Å². The second kappa shape index (κ2) is 8.74. The maximum atomic E-state index is 5.66.